The van der Waals surface area contributed by atoms with E-state index in [9.17, 15) is 18.4 Å². The van der Waals surface area contributed by atoms with E-state index in [4.69, 9.17) is 0 Å². The predicted molar refractivity (Wildman–Crippen MR) is 127 cm³/mol. The average Bonchev–Trinajstić information content (AvgIpc) is 3.41. The first kappa shape index (κ1) is 22.2. The number of thiophene rings is 1. The van der Waals surface area contributed by atoms with Gasteiger partial charge in [0.1, 0.15) is 16.4 Å². The highest BCUT2D eigenvalue weighted by molar-refractivity contribution is 7.20. The molecule has 2 aromatic carbocycles. The van der Waals surface area contributed by atoms with Gasteiger partial charge in [0.2, 0.25) is 0 Å². The number of aromatic nitrogens is 2. The maximum absolute atomic E-state index is 13.1. The van der Waals surface area contributed by atoms with E-state index in [-0.39, 0.29) is 17.2 Å². The van der Waals surface area contributed by atoms with E-state index < -0.39 is 6.61 Å². The summed E-state index contributed by atoms with van der Waals surface area (Å²) in [6.45, 7) is -0.561. The van der Waals surface area contributed by atoms with Crippen LogP contribution in [0.3, 0.4) is 0 Å². The third kappa shape index (κ3) is 4.19. The molecule has 1 aliphatic heterocycles. The maximum atomic E-state index is 13.1. The molecule has 0 fully saturated rings. The lowest BCUT2D eigenvalue weighted by Crippen LogP contribution is -2.20. The van der Waals surface area contributed by atoms with Gasteiger partial charge in [0.05, 0.1) is 10.3 Å². The van der Waals surface area contributed by atoms with Gasteiger partial charge in [-0.05, 0) is 42.7 Å². The Morgan fingerprint density at radius 1 is 1.24 bits per heavy atom. The molecule has 6 nitrogen and oxygen atoms in total. The normalized spacial score (nSPS) is 12.8. The summed E-state index contributed by atoms with van der Waals surface area (Å²) in [7, 11) is 0. The summed E-state index contributed by atoms with van der Waals surface area (Å²) >= 11 is 1.19. The van der Waals surface area contributed by atoms with Gasteiger partial charge in [-0.15, -0.1) is 11.3 Å². The van der Waals surface area contributed by atoms with Crippen LogP contribution in [0.25, 0.3) is 10.2 Å². The molecular weight excluding hydrogens is 460 g/mol. The summed E-state index contributed by atoms with van der Waals surface area (Å²) in [5, 5.41) is 3.31. The van der Waals surface area contributed by atoms with Crippen LogP contribution >= 0.6 is 11.3 Å². The fourth-order valence-electron chi connectivity index (χ4n) is 4.30. The molecule has 0 radical (unpaired) electrons. The molecule has 1 amide bonds. The Kier molecular flexibility index (Phi) is 5.87. The van der Waals surface area contributed by atoms with Gasteiger partial charge in [0.25, 0.3) is 11.5 Å². The lowest BCUT2D eigenvalue weighted by molar-refractivity contribution is -0.0503. The zero-order valence-electron chi connectivity index (χ0n) is 18.3. The number of nitrogens with zero attached hydrogens (tertiary/aromatic N) is 2. The number of ether oxygens (including phenoxy) is 1. The largest absolute Gasteiger partial charge is 0.435 e. The molecule has 4 aromatic rings. The number of amides is 1. The molecule has 2 aromatic heterocycles. The molecule has 0 aliphatic carbocycles. The Morgan fingerprint density at radius 3 is 2.79 bits per heavy atom. The minimum atomic E-state index is -2.95. The number of carbonyl (C=O) groups excluding carboxylic acids is 1. The highest BCUT2D eigenvalue weighted by Gasteiger charge is 2.23. The Balaban J connectivity index is 1.46. The molecule has 5 rings (SSSR count). The highest BCUT2D eigenvalue weighted by Crippen LogP contribution is 2.31. The number of aryl methyl sites for hydroxylation is 2. The van der Waals surface area contributed by atoms with Gasteiger partial charge in [0, 0.05) is 30.6 Å². The van der Waals surface area contributed by atoms with Crippen molar-refractivity contribution in [2.45, 2.75) is 39.3 Å². The van der Waals surface area contributed by atoms with Crippen molar-refractivity contribution < 1.29 is 18.3 Å². The second kappa shape index (κ2) is 8.98. The summed E-state index contributed by atoms with van der Waals surface area (Å²) in [5.41, 5.74) is 2.38. The van der Waals surface area contributed by atoms with Crippen LogP contribution in [0.5, 0.6) is 5.75 Å². The van der Waals surface area contributed by atoms with Crippen LogP contribution in [-0.4, -0.2) is 22.1 Å². The summed E-state index contributed by atoms with van der Waals surface area (Å²) in [4.78, 5) is 31.6. The lowest BCUT2D eigenvalue weighted by atomic mass is 10.0. The molecule has 0 spiro atoms. The molecular formula is C25H21F2N3O3S. The first-order valence-electron chi connectivity index (χ1n) is 10.9. The number of halogens is 2. The molecule has 34 heavy (non-hydrogen) atoms. The predicted octanol–water partition coefficient (Wildman–Crippen LogP) is 5.16. The van der Waals surface area contributed by atoms with E-state index in [1.165, 1.54) is 23.5 Å². The zero-order chi connectivity index (χ0) is 23.8. The molecule has 9 heteroatoms. The molecule has 0 saturated carbocycles. The van der Waals surface area contributed by atoms with E-state index >= 15 is 0 Å². The minimum Gasteiger partial charge on any atom is -0.435 e. The molecule has 0 bridgehead atoms. The molecule has 0 unspecified atom stereocenters. The maximum Gasteiger partial charge on any atom is 0.387 e. The van der Waals surface area contributed by atoms with Crippen molar-refractivity contribution in [3.8, 4) is 5.75 Å². The van der Waals surface area contributed by atoms with Crippen molar-refractivity contribution in [3.63, 3.8) is 0 Å². The monoisotopic (exact) mass is 481 g/mol. The van der Waals surface area contributed by atoms with Crippen LogP contribution in [0.1, 0.15) is 38.6 Å². The zero-order valence-corrected chi connectivity index (χ0v) is 19.1. The van der Waals surface area contributed by atoms with E-state index in [1.54, 1.807) is 17.6 Å². The number of fused-ring (bicyclic) bond motifs is 2. The standard InChI is InChI=1S/C25H21F2N3O3S/c1-14-20-23(29-19-8-5-11-30(19)24(20)32)34-21(14)22(31)28-17-9-10-18(33-25(26)27)16(13-17)12-15-6-3-2-4-7-15/h2-4,6-7,9-10,13,25H,5,8,11-12H2,1H3,(H,28,31). The lowest BCUT2D eigenvalue weighted by Gasteiger charge is -2.13. The molecule has 1 N–H and O–H groups in total. The first-order valence-corrected chi connectivity index (χ1v) is 11.7. The van der Waals surface area contributed by atoms with E-state index in [0.717, 1.165) is 24.2 Å². The van der Waals surface area contributed by atoms with Gasteiger partial charge in [0.15, 0.2) is 0 Å². The number of benzene rings is 2. The Hall–Kier alpha value is -3.59. The van der Waals surface area contributed by atoms with Crippen molar-refractivity contribution in [3.05, 3.63) is 86.3 Å². The van der Waals surface area contributed by atoms with Crippen LogP contribution in [-0.2, 0) is 19.4 Å². The Morgan fingerprint density at radius 2 is 2.03 bits per heavy atom. The number of carbonyl (C=O) groups is 1. The van der Waals surface area contributed by atoms with Crippen molar-refractivity contribution in [2.24, 2.45) is 0 Å². The molecule has 1 aliphatic rings. The van der Waals surface area contributed by atoms with Crippen LogP contribution in [0.4, 0.5) is 14.5 Å². The van der Waals surface area contributed by atoms with Gasteiger partial charge in [-0.25, -0.2) is 4.98 Å². The van der Waals surface area contributed by atoms with Crippen LogP contribution in [0.15, 0.2) is 53.3 Å². The topological polar surface area (TPSA) is 73.2 Å². The fraction of sp³-hybridized carbons (Fsp3) is 0.240. The van der Waals surface area contributed by atoms with Crippen molar-refractivity contribution >= 4 is 33.1 Å². The number of hydrogen-bond donors (Lipinski definition) is 1. The van der Waals surface area contributed by atoms with Crippen molar-refractivity contribution in [2.75, 3.05) is 5.32 Å². The van der Waals surface area contributed by atoms with Crippen molar-refractivity contribution in [1.82, 2.24) is 9.55 Å². The quantitative estimate of drug-likeness (QED) is 0.413. The van der Waals surface area contributed by atoms with E-state index in [2.05, 4.69) is 15.0 Å². The SMILES string of the molecule is Cc1c(C(=O)Nc2ccc(OC(F)F)c(Cc3ccccc3)c2)sc2nc3n(c(=O)c12)CCC3. The number of rotatable bonds is 6. The highest BCUT2D eigenvalue weighted by atomic mass is 32.1. The van der Waals surface area contributed by atoms with Gasteiger partial charge < -0.3 is 10.1 Å². The second-order valence-electron chi connectivity index (χ2n) is 8.14. The first-order chi connectivity index (χ1) is 16.4. The number of anilines is 1. The molecule has 174 valence electrons. The molecule has 3 heterocycles. The Bertz CT molecular complexity index is 1450. The third-order valence-electron chi connectivity index (χ3n) is 5.89. The number of hydrogen-bond acceptors (Lipinski definition) is 5. The number of nitrogens with one attached hydrogen (secondary N) is 1. The smallest absolute Gasteiger partial charge is 0.387 e. The van der Waals surface area contributed by atoms with E-state index in [0.29, 0.717) is 44.9 Å². The van der Waals surface area contributed by atoms with Gasteiger partial charge in [-0.2, -0.15) is 8.78 Å². The summed E-state index contributed by atoms with van der Waals surface area (Å²) in [6.07, 6.45) is 2.00. The number of alkyl halides is 2. The van der Waals surface area contributed by atoms with Gasteiger partial charge >= 0.3 is 6.61 Å². The summed E-state index contributed by atoms with van der Waals surface area (Å²) < 4.78 is 32.2. The fourth-order valence-corrected chi connectivity index (χ4v) is 5.39. The molecule has 0 atom stereocenters. The van der Waals surface area contributed by atoms with Crippen LogP contribution in [0, 0.1) is 6.92 Å². The van der Waals surface area contributed by atoms with Crippen LogP contribution in [0.2, 0.25) is 0 Å². The third-order valence-corrected chi connectivity index (χ3v) is 7.07. The van der Waals surface area contributed by atoms with Gasteiger partial charge in [-0.3, -0.25) is 14.2 Å². The van der Waals surface area contributed by atoms with Gasteiger partial charge in [-0.1, -0.05) is 30.3 Å². The minimum absolute atomic E-state index is 0.0571. The van der Waals surface area contributed by atoms with Crippen molar-refractivity contribution in [1.29, 1.82) is 0 Å². The van der Waals surface area contributed by atoms with E-state index in [1.807, 2.05) is 30.3 Å². The Labute approximate surface area is 197 Å². The second-order valence-corrected chi connectivity index (χ2v) is 9.14. The average molecular weight is 482 g/mol. The molecule has 0 saturated heterocycles. The summed E-state index contributed by atoms with van der Waals surface area (Å²) in [5.74, 6) is 0.436. The van der Waals surface area contributed by atoms with Crippen LogP contribution < -0.4 is 15.6 Å². The summed E-state index contributed by atoms with van der Waals surface area (Å²) in [6, 6.07) is 14.0.